The Morgan fingerprint density at radius 2 is 1.79 bits per heavy atom. The van der Waals surface area contributed by atoms with Crippen molar-refractivity contribution in [2.24, 2.45) is 0 Å². The fourth-order valence-corrected chi connectivity index (χ4v) is 1.56. The Hall–Kier alpha value is -1.15. The van der Waals surface area contributed by atoms with Gasteiger partial charge in [-0.2, -0.15) is 0 Å². The molecular weight excluding hydrogens is 238 g/mol. The summed E-state index contributed by atoms with van der Waals surface area (Å²) in [4.78, 5) is 4.27. The van der Waals surface area contributed by atoms with E-state index >= 15 is 0 Å². The van der Waals surface area contributed by atoms with Gasteiger partial charge in [0.15, 0.2) is 0 Å². The summed E-state index contributed by atoms with van der Waals surface area (Å²) in [5.74, 6) is 0. The van der Waals surface area contributed by atoms with Gasteiger partial charge < -0.3 is 0 Å². The molecule has 1 aromatic heterocycles. The lowest BCUT2D eigenvalue weighted by molar-refractivity contribution is 1.22. The van der Waals surface area contributed by atoms with Crippen LogP contribution in [0.5, 0.6) is 0 Å². The normalized spacial score (nSPS) is 10.1. The zero-order chi connectivity index (χ0) is 9.97. The third kappa shape index (κ3) is 1.85. The third-order valence-electron chi connectivity index (χ3n) is 2.12. The molecule has 2 rings (SSSR count). The molecule has 0 saturated heterocycles. The molecular formula is C12H10BrN. The van der Waals surface area contributed by atoms with E-state index < -0.39 is 0 Å². The van der Waals surface area contributed by atoms with Crippen LogP contribution in [0.15, 0.2) is 47.2 Å². The van der Waals surface area contributed by atoms with Gasteiger partial charge in [-0.15, -0.1) is 0 Å². The molecule has 2 heteroatoms. The lowest BCUT2D eigenvalue weighted by Gasteiger charge is -2.03. The first-order valence-corrected chi connectivity index (χ1v) is 5.24. The van der Waals surface area contributed by atoms with Crippen LogP contribution < -0.4 is 0 Å². The van der Waals surface area contributed by atoms with Crippen LogP contribution in [0, 0.1) is 6.92 Å². The summed E-state index contributed by atoms with van der Waals surface area (Å²) in [7, 11) is 0. The molecule has 1 aromatic carbocycles. The summed E-state index contributed by atoms with van der Waals surface area (Å²) < 4.78 is 0.914. The number of rotatable bonds is 1. The predicted molar refractivity (Wildman–Crippen MR) is 62.1 cm³/mol. The lowest BCUT2D eigenvalue weighted by Crippen LogP contribution is -1.84. The number of halogens is 1. The quantitative estimate of drug-likeness (QED) is 0.699. The molecule has 0 radical (unpaired) electrons. The van der Waals surface area contributed by atoms with Crippen molar-refractivity contribution in [3.63, 3.8) is 0 Å². The van der Waals surface area contributed by atoms with E-state index in [4.69, 9.17) is 0 Å². The standard InChI is InChI=1S/C12H10BrN/c1-9-7-11(8-14-12(9)13)10-5-3-2-4-6-10/h2-8H,1H3. The number of hydrogen-bond donors (Lipinski definition) is 0. The first kappa shape index (κ1) is 9.41. The molecule has 14 heavy (non-hydrogen) atoms. The van der Waals surface area contributed by atoms with Crippen molar-refractivity contribution < 1.29 is 0 Å². The SMILES string of the molecule is Cc1cc(-c2ccccc2)cnc1Br. The second kappa shape index (κ2) is 3.93. The molecule has 0 unspecified atom stereocenters. The van der Waals surface area contributed by atoms with Crippen molar-refractivity contribution in [2.75, 3.05) is 0 Å². The molecule has 0 fully saturated rings. The summed E-state index contributed by atoms with van der Waals surface area (Å²) in [6.07, 6.45) is 1.88. The van der Waals surface area contributed by atoms with Crippen LogP contribution >= 0.6 is 15.9 Å². The van der Waals surface area contributed by atoms with Gasteiger partial charge in [-0.1, -0.05) is 30.3 Å². The van der Waals surface area contributed by atoms with E-state index in [1.54, 1.807) is 0 Å². The average Bonchev–Trinajstić information content (AvgIpc) is 2.23. The molecule has 0 atom stereocenters. The zero-order valence-corrected chi connectivity index (χ0v) is 9.45. The maximum atomic E-state index is 4.27. The highest BCUT2D eigenvalue weighted by Gasteiger charge is 2.00. The van der Waals surface area contributed by atoms with E-state index in [-0.39, 0.29) is 0 Å². The summed E-state index contributed by atoms with van der Waals surface area (Å²) in [5.41, 5.74) is 3.52. The van der Waals surface area contributed by atoms with E-state index in [0.717, 1.165) is 15.7 Å². The van der Waals surface area contributed by atoms with E-state index in [9.17, 15) is 0 Å². The lowest BCUT2D eigenvalue weighted by atomic mass is 10.1. The van der Waals surface area contributed by atoms with Crippen LogP contribution in [-0.2, 0) is 0 Å². The first-order valence-electron chi connectivity index (χ1n) is 4.45. The van der Waals surface area contributed by atoms with E-state index in [2.05, 4.69) is 39.1 Å². The van der Waals surface area contributed by atoms with Gasteiger partial charge in [-0.25, -0.2) is 4.98 Å². The van der Waals surface area contributed by atoms with Crippen molar-refractivity contribution in [1.29, 1.82) is 0 Å². The molecule has 0 aliphatic rings. The molecule has 70 valence electrons. The summed E-state index contributed by atoms with van der Waals surface area (Å²) in [5, 5.41) is 0. The Morgan fingerprint density at radius 3 is 2.43 bits per heavy atom. The summed E-state index contributed by atoms with van der Waals surface area (Å²) in [6.45, 7) is 2.05. The molecule has 0 spiro atoms. The highest BCUT2D eigenvalue weighted by Crippen LogP contribution is 2.22. The minimum Gasteiger partial charge on any atom is -0.248 e. The number of aryl methyl sites for hydroxylation is 1. The number of nitrogens with zero attached hydrogens (tertiary/aromatic N) is 1. The van der Waals surface area contributed by atoms with Crippen LogP contribution in [0.1, 0.15) is 5.56 Å². The van der Waals surface area contributed by atoms with Crippen LogP contribution in [0.25, 0.3) is 11.1 Å². The summed E-state index contributed by atoms with van der Waals surface area (Å²) >= 11 is 3.39. The summed E-state index contributed by atoms with van der Waals surface area (Å²) in [6, 6.07) is 12.4. The van der Waals surface area contributed by atoms with Gasteiger partial charge in [0.1, 0.15) is 4.60 Å². The van der Waals surface area contributed by atoms with Gasteiger partial charge in [0.2, 0.25) is 0 Å². The van der Waals surface area contributed by atoms with Gasteiger partial charge in [0.25, 0.3) is 0 Å². The van der Waals surface area contributed by atoms with Gasteiger partial charge in [-0.05, 0) is 40.0 Å². The second-order valence-corrected chi connectivity index (χ2v) is 3.95. The van der Waals surface area contributed by atoms with Crippen LogP contribution in [0.4, 0.5) is 0 Å². The highest BCUT2D eigenvalue weighted by molar-refractivity contribution is 9.10. The molecule has 0 amide bonds. The van der Waals surface area contributed by atoms with Gasteiger partial charge in [0.05, 0.1) is 0 Å². The fourth-order valence-electron chi connectivity index (χ4n) is 1.35. The Balaban J connectivity index is 2.48. The third-order valence-corrected chi connectivity index (χ3v) is 2.95. The van der Waals surface area contributed by atoms with Gasteiger partial charge in [0, 0.05) is 11.8 Å². The van der Waals surface area contributed by atoms with Crippen LogP contribution in [-0.4, -0.2) is 4.98 Å². The van der Waals surface area contributed by atoms with E-state index in [0.29, 0.717) is 0 Å². The Bertz CT molecular complexity index is 437. The molecule has 0 saturated carbocycles. The number of hydrogen-bond acceptors (Lipinski definition) is 1. The molecule has 1 heterocycles. The van der Waals surface area contributed by atoms with Crippen molar-refractivity contribution in [2.45, 2.75) is 6.92 Å². The highest BCUT2D eigenvalue weighted by atomic mass is 79.9. The van der Waals surface area contributed by atoms with Gasteiger partial charge >= 0.3 is 0 Å². The monoisotopic (exact) mass is 247 g/mol. The molecule has 0 aliphatic heterocycles. The second-order valence-electron chi connectivity index (χ2n) is 3.20. The van der Waals surface area contributed by atoms with Crippen molar-refractivity contribution in [3.05, 3.63) is 52.8 Å². The minimum atomic E-state index is 0.914. The molecule has 0 N–H and O–H groups in total. The smallest absolute Gasteiger partial charge is 0.109 e. The molecule has 1 nitrogen and oxygen atoms in total. The topological polar surface area (TPSA) is 12.9 Å². The average molecular weight is 248 g/mol. The van der Waals surface area contributed by atoms with E-state index in [1.165, 1.54) is 5.56 Å². The Morgan fingerprint density at radius 1 is 1.07 bits per heavy atom. The predicted octanol–water partition coefficient (Wildman–Crippen LogP) is 3.82. The van der Waals surface area contributed by atoms with Crippen molar-refractivity contribution in [3.8, 4) is 11.1 Å². The molecule has 2 aromatic rings. The molecule has 0 aliphatic carbocycles. The van der Waals surface area contributed by atoms with E-state index in [1.807, 2.05) is 31.3 Å². The largest absolute Gasteiger partial charge is 0.248 e. The van der Waals surface area contributed by atoms with Crippen LogP contribution in [0.2, 0.25) is 0 Å². The van der Waals surface area contributed by atoms with Crippen molar-refractivity contribution >= 4 is 15.9 Å². The number of pyridine rings is 1. The Labute approximate surface area is 91.9 Å². The number of benzene rings is 1. The fraction of sp³-hybridized carbons (Fsp3) is 0.0833. The first-order chi connectivity index (χ1) is 6.77. The zero-order valence-electron chi connectivity index (χ0n) is 7.87. The van der Waals surface area contributed by atoms with Crippen LogP contribution in [0.3, 0.4) is 0 Å². The number of aromatic nitrogens is 1. The maximum absolute atomic E-state index is 4.27. The minimum absolute atomic E-state index is 0.914. The Kier molecular flexibility index (Phi) is 2.64. The van der Waals surface area contributed by atoms with Gasteiger partial charge in [-0.3, -0.25) is 0 Å². The maximum Gasteiger partial charge on any atom is 0.109 e. The molecule has 0 bridgehead atoms. The van der Waals surface area contributed by atoms with Crippen molar-refractivity contribution in [1.82, 2.24) is 4.98 Å².